The summed E-state index contributed by atoms with van der Waals surface area (Å²) in [6.07, 6.45) is 3.66. The predicted molar refractivity (Wildman–Crippen MR) is 65.1 cm³/mol. The first-order valence-corrected chi connectivity index (χ1v) is 5.85. The van der Waals surface area contributed by atoms with E-state index in [0.29, 0.717) is 12.1 Å². The van der Waals surface area contributed by atoms with Crippen molar-refractivity contribution >= 4 is 0 Å². The topological polar surface area (TPSA) is 29.9 Å². The van der Waals surface area contributed by atoms with E-state index < -0.39 is 11.6 Å². The Bertz CT molecular complexity index is 523. The van der Waals surface area contributed by atoms with Gasteiger partial charge in [-0.3, -0.25) is 4.68 Å². The van der Waals surface area contributed by atoms with Crippen LogP contribution in [0.2, 0.25) is 0 Å². The number of rotatable bonds is 5. The zero-order chi connectivity index (χ0) is 13.0. The summed E-state index contributed by atoms with van der Waals surface area (Å²) in [7, 11) is 0. The Kier molecular flexibility index (Phi) is 4.04. The third kappa shape index (κ3) is 3.13. The summed E-state index contributed by atoms with van der Waals surface area (Å²) in [5.41, 5.74) is 1.76. The van der Waals surface area contributed by atoms with Gasteiger partial charge in [-0.2, -0.15) is 5.10 Å². The molecule has 1 aromatic carbocycles. The molecule has 5 heteroatoms. The van der Waals surface area contributed by atoms with Crippen LogP contribution < -0.4 is 5.32 Å². The lowest BCUT2D eigenvalue weighted by Crippen LogP contribution is -2.11. The minimum absolute atomic E-state index is 0.434. The molecule has 96 valence electrons. The van der Waals surface area contributed by atoms with Crippen molar-refractivity contribution in [1.82, 2.24) is 15.1 Å². The highest BCUT2D eigenvalue weighted by molar-refractivity contribution is 5.18. The molecule has 1 aromatic heterocycles. The van der Waals surface area contributed by atoms with E-state index in [1.165, 1.54) is 6.07 Å². The van der Waals surface area contributed by atoms with E-state index >= 15 is 0 Å². The number of hydrogen-bond donors (Lipinski definition) is 1. The van der Waals surface area contributed by atoms with E-state index in [1.54, 1.807) is 16.9 Å². The van der Waals surface area contributed by atoms with Crippen LogP contribution in [0, 0.1) is 11.6 Å². The van der Waals surface area contributed by atoms with Gasteiger partial charge in [0.15, 0.2) is 11.6 Å². The monoisotopic (exact) mass is 251 g/mol. The second-order valence-electron chi connectivity index (χ2n) is 4.07. The summed E-state index contributed by atoms with van der Waals surface area (Å²) < 4.78 is 27.5. The van der Waals surface area contributed by atoms with Crippen molar-refractivity contribution < 1.29 is 8.78 Å². The van der Waals surface area contributed by atoms with Crippen LogP contribution in [0.1, 0.15) is 18.1 Å². The van der Waals surface area contributed by atoms with Gasteiger partial charge in [0.05, 0.1) is 12.7 Å². The van der Waals surface area contributed by atoms with Gasteiger partial charge in [0.1, 0.15) is 0 Å². The van der Waals surface area contributed by atoms with Crippen LogP contribution in [-0.4, -0.2) is 16.3 Å². The number of nitrogens with one attached hydrogen (secondary N) is 1. The van der Waals surface area contributed by atoms with Gasteiger partial charge < -0.3 is 5.32 Å². The van der Waals surface area contributed by atoms with Gasteiger partial charge in [0.25, 0.3) is 0 Å². The van der Waals surface area contributed by atoms with Crippen molar-refractivity contribution in [2.45, 2.75) is 20.0 Å². The first-order chi connectivity index (χ1) is 8.69. The molecule has 2 rings (SSSR count). The van der Waals surface area contributed by atoms with Gasteiger partial charge in [-0.05, 0) is 24.2 Å². The van der Waals surface area contributed by atoms with Crippen LogP contribution in [-0.2, 0) is 13.1 Å². The molecular weight excluding hydrogens is 236 g/mol. The molecular formula is C13H15F2N3. The molecule has 0 saturated heterocycles. The Morgan fingerprint density at radius 2 is 2.06 bits per heavy atom. The molecule has 0 fully saturated rings. The molecule has 0 radical (unpaired) electrons. The number of hydrogen-bond acceptors (Lipinski definition) is 2. The maximum absolute atomic E-state index is 13.0. The summed E-state index contributed by atoms with van der Waals surface area (Å²) in [5, 5.41) is 7.37. The Balaban J connectivity index is 2.04. The summed E-state index contributed by atoms with van der Waals surface area (Å²) >= 11 is 0. The first kappa shape index (κ1) is 12.7. The average molecular weight is 251 g/mol. The first-order valence-electron chi connectivity index (χ1n) is 5.85. The van der Waals surface area contributed by atoms with Crippen LogP contribution in [0.25, 0.3) is 0 Å². The molecule has 0 unspecified atom stereocenters. The zero-order valence-electron chi connectivity index (χ0n) is 10.2. The largest absolute Gasteiger partial charge is 0.313 e. The van der Waals surface area contributed by atoms with Gasteiger partial charge in [-0.25, -0.2) is 8.78 Å². The van der Waals surface area contributed by atoms with Gasteiger partial charge in [0, 0.05) is 18.3 Å². The van der Waals surface area contributed by atoms with Crippen LogP contribution >= 0.6 is 0 Å². The molecule has 0 atom stereocenters. The quantitative estimate of drug-likeness (QED) is 0.883. The molecule has 0 aliphatic carbocycles. The van der Waals surface area contributed by atoms with Crippen molar-refractivity contribution in [3.05, 3.63) is 53.4 Å². The lowest BCUT2D eigenvalue weighted by molar-refractivity contribution is 0.506. The molecule has 0 spiro atoms. The Morgan fingerprint density at radius 1 is 1.22 bits per heavy atom. The fourth-order valence-corrected chi connectivity index (χ4v) is 1.68. The van der Waals surface area contributed by atoms with E-state index in [1.807, 2.05) is 13.1 Å². The molecule has 2 aromatic rings. The fraction of sp³-hybridized carbons (Fsp3) is 0.308. The van der Waals surface area contributed by atoms with Crippen molar-refractivity contribution in [2.24, 2.45) is 0 Å². The highest BCUT2D eigenvalue weighted by atomic mass is 19.2. The van der Waals surface area contributed by atoms with Crippen molar-refractivity contribution in [3.63, 3.8) is 0 Å². The van der Waals surface area contributed by atoms with E-state index in [0.717, 1.165) is 24.7 Å². The number of nitrogens with zero attached hydrogens (tertiary/aromatic N) is 2. The average Bonchev–Trinajstić information content (AvgIpc) is 2.79. The maximum atomic E-state index is 13.0. The normalized spacial score (nSPS) is 10.8. The van der Waals surface area contributed by atoms with Gasteiger partial charge in [-0.1, -0.05) is 13.0 Å². The fourth-order valence-electron chi connectivity index (χ4n) is 1.68. The van der Waals surface area contributed by atoms with Crippen molar-refractivity contribution in [3.8, 4) is 0 Å². The second kappa shape index (κ2) is 5.73. The minimum atomic E-state index is -0.827. The molecule has 1 N–H and O–H groups in total. The molecule has 0 amide bonds. The number of benzene rings is 1. The van der Waals surface area contributed by atoms with Crippen LogP contribution in [0.15, 0.2) is 30.6 Å². The summed E-state index contributed by atoms with van der Waals surface area (Å²) in [6, 6.07) is 3.89. The highest BCUT2D eigenvalue weighted by Gasteiger charge is 2.04. The Labute approximate surface area is 104 Å². The van der Waals surface area contributed by atoms with Gasteiger partial charge in [0.2, 0.25) is 0 Å². The van der Waals surface area contributed by atoms with Crippen LogP contribution in [0.4, 0.5) is 8.78 Å². The second-order valence-corrected chi connectivity index (χ2v) is 4.07. The maximum Gasteiger partial charge on any atom is 0.159 e. The molecule has 3 nitrogen and oxygen atoms in total. The molecule has 0 saturated carbocycles. The smallest absolute Gasteiger partial charge is 0.159 e. The Hall–Kier alpha value is -1.75. The lowest BCUT2D eigenvalue weighted by Gasteiger charge is -2.02. The molecule has 18 heavy (non-hydrogen) atoms. The van der Waals surface area contributed by atoms with Crippen molar-refractivity contribution in [1.29, 1.82) is 0 Å². The summed E-state index contributed by atoms with van der Waals surface area (Å²) in [4.78, 5) is 0. The summed E-state index contributed by atoms with van der Waals surface area (Å²) in [6.45, 7) is 4.12. The van der Waals surface area contributed by atoms with Crippen molar-refractivity contribution in [2.75, 3.05) is 6.54 Å². The van der Waals surface area contributed by atoms with Gasteiger partial charge in [-0.15, -0.1) is 0 Å². The lowest BCUT2D eigenvalue weighted by atomic mass is 10.2. The van der Waals surface area contributed by atoms with Crippen LogP contribution in [0.5, 0.6) is 0 Å². The van der Waals surface area contributed by atoms with E-state index in [9.17, 15) is 8.78 Å². The SMILES string of the molecule is CCNCc1cnn(Cc2ccc(F)c(F)c2)c1. The third-order valence-corrected chi connectivity index (χ3v) is 2.59. The third-order valence-electron chi connectivity index (χ3n) is 2.59. The van der Waals surface area contributed by atoms with E-state index in [2.05, 4.69) is 10.4 Å². The minimum Gasteiger partial charge on any atom is -0.313 e. The standard InChI is InChI=1S/C13H15F2N3/c1-2-16-6-11-7-17-18(9-11)8-10-3-4-12(14)13(15)5-10/h3-5,7,9,16H,2,6,8H2,1H3. The van der Waals surface area contributed by atoms with Crippen LogP contribution in [0.3, 0.4) is 0 Å². The predicted octanol–water partition coefficient (Wildman–Crippen LogP) is 2.32. The highest BCUT2D eigenvalue weighted by Crippen LogP contribution is 2.10. The molecule has 0 bridgehead atoms. The number of halogens is 2. The zero-order valence-corrected chi connectivity index (χ0v) is 10.2. The van der Waals surface area contributed by atoms with Gasteiger partial charge >= 0.3 is 0 Å². The molecule has 1 heterocycles. The Morgan fingerprint density at radius 3 is 2.78 bits per heavy atom. The van der Waals surface area contributed by atoms with E-state index in [4.69, 9.17) is 0 Å². The molecule has 0 aliphatic heterocycles. The number of aromatic nitrogens is 2. The van der Waals surface area contributed by atoms with E-state index in [-0.39, 0.29) is 0 Å². The molecule has 0 aliphatic rings. The summed E-state index contributed by atoms with van der Waals surface area (Å²) in [5.74, 6) is -1.65.